The van der Waals surface area contributed by atoms with Gasteiger partial charge in [0, 0.05) is 25.1 Å². The van der Waals surface area contributed by atoms with Crippen LogP contribution >= 0.6 is 0 Å². The van der Waals surface area contributed by atoms with E-state index in [9.17, 15) is 23.1 Å². The lowest BCUT2D eigenvalue weighted by atomic mass is 9.94. The normalized spacial score (nSPS) is 17.3. The second kappa shape index (κ2) is 11.0. The minimum atomic E-state index is -4.73. The lowest BCUT2D eigenvalue weighted by Gasteiger charge is -2.33. The van der Waals surface area contributed by atoms with Gasteiger partial charge in [0.15, 0.2) is 5.69 Å². The first-order valence-corrected chi connectivity index (χ1v) is 12.5. The smallest absolute Gasteiger partial charge is 0.434 e. The second-order valence-electron chi connectivity index (χ2n) is 9.58. The molecule has 2 aromatic heterocycles. The Kier molecular flexibility index (Phi) is 7.49. The maximum absolute atomic E-state index is 14.0. The summed E-state index contributed by atoms with van der Waals surface area (Å²) in [6.45, 7) is 1.78. The van der Waals surface area contributed by atoms with Crippen LogP contribution in [0.5, 0.6) is 0 Å². The van der Waals surface area contributed by atoms with Gasteiger partial charge in [-0.15, -0.1) is 0 Å². The number of aromatic nitrogens is 4. The van der Waals surface area contributed by atoms with Crippen LogP contribution < -0.4 is 0 Å². The topological polar surface area (TPSA) is 118 Å². The molecule has 2 aromatic carbocycles. The molecule has 5 rings (SSSR count). The molecule has 0 radical (unpaired) electrons. The Morgan fingerprint density at radius 1 is 1.13 bits per heavy atom. The van der Waals surface area contributed by atoms with Crippen LogP contribution in [-0.4, -0.2) is 60.6 Å². The number of hydrogen-bond acceptors (Lipinski definition) is 7. The highest BCUT2D eigenvalue weighted by atomic mass is 19.4. The first-order chi connectivity index (χ1) is 18.7. The fourth-order valence-electron chi connectivity index (χ4n) is 4.93. The molecule has 0 saturated carbocycles. The molecule has 204 valence electrons. The van der Waals surface area contributed by atoms with Crippen LogP contribution in [0.2, 0.25) is 0 Å². The van der Waals surface area contributed by atoms with E-state index >= 15 is 0 Å². The zero-order valence-electron chi connectivity index (χ0n) is 20.8. The van der Waals surface area contributed by atoms with Crippen LogP contribution in [0.25, 0.3) is 28.5 Å². The molecule has 0 spiro atoms. The Bertz CT molecular complexity index is 1420. The summed E-state index contributed by atoms with van der Waals surface area (Å²) in [5.41, 5.74) is 0.0354. The van der Waals surface area contributed by atoms with E-state index in [1.54, 1.807) is 42.5 Å². The summed E-state index contributed by atoms with van der Waals surface area (Å²) >= 11 is 0. The molecule has 2 N–H and O–H groups in total. The van der Waals surface area contributed by atoms with Crippen molar-refractivity contribution in [3.05, 3.63) is 72.1 Å². The molecule has 9 nitrogen and oxygen atoms in total. The molecule has 0 amide bonds. The third kappa shape index (κ3) is 6.02. The van der Waals surface area contributed by atoms with Gasteiger partial charge in [0.1, 0.15) is 0 Å². The number of hydrogen-bond donors (Lipinski definition) is 2. The van der Waals surface area contributed by atoms with Crippen LogP contribution in [0.3, 0.4) is 0 Å². The first-order valence-electron chi connectivity index (χ1n) is 12.5. The number of nitrogens with zero attached hydrogens (tertiary/aromatic N) is 5. The summed E-state index contributed by atoms with van der Waals surface area (Å²) in [5, 5.41) is 27.6. The fourth-order valence-corrected chi connectivity index (χ4v) is 4.93. The standard InChI is InChI=1S/C27H26F3N5O4/c28-27(29,30)24-21(14-31-35(24)20-6-2-1-3-7-20)26-32-25(33-39-26)19-10-8-18(9-11-19)22(36)16-34-12-4-5-17(15-34)13-23(37)38/h1-3,6-11,14,17,22,36H,4-5,12-13,15-16H2,(H,37,38)/t17-,22-/m1/s1. The molecule has 0 bridgehead atoms. The number of aliphatic hydroxyl groups excluding tert-OH is 1. The Hall–Kier alpha value is -4.03. The van der Waals surface area contributed by atoms with Gasteiger partial charge in [0.2, 0.25) is 5.82 Å². The third-order valence-corrected chi connectivity index (χ3v) is 6.75. The number of carboxylic acids is 1. The lowest BCUT2D eigenvalue weighted by Crippen LogP contribution is -2.38. The van der Waals surface area contributed by atoms with E-state index < -0.39 is 23.9 Å². The summed E-state index contributed by atoms with van der Waals surface area (Å²) in [4.78, 5) is 17.3. The molecule has 0 aliphatic carbocycles. The molecule has 1 aliphatic rings. The Morgan fingerprint density at radius 3 is 2.56 bits per heavy atom. The van der Waals surface area contributed by atoms with Crippen molar-refractivity contribution in [3.63, 3.8) is 0 Å². The monoisotopic (exact) mass is 541 g/mol. The number of piperidine rings is 1. The Labute approximate surface area is 221 Å². The van der Waals surface area contributed by atoms with Gasteiger partial charge in [-0.25, -0.2) is 4.68 Å². The molecule has 2 atom stereocenters. The number of β-amino-alcohol motifs (C(OH)–C–C–N with tert-alkyl or cyclic N) is 1. The zero-order chi connectivity index (χ0) is 27.6. The minimum Gasteiger partial charge on any atom is -0.481 e. The summed E-state index contributed by atoms with van der Waals surface area (Å²) < 4.78 is 48.0. The van der Waals surface area contributed by atoms with Gasteiger partial charge < -0.3 is 19.6 Å². The zero-order valence-corrected chi connectivity index (χ0v) is 20.8. The predicted molar refractivity (Wildman–Crippen MR) is 134 cm³/mol. The van der Waals surface area contributed by atoms with Gasteiger partial charge in [-0.05, 0) is 43.0 Å². The number of para-hydroxylation sites is 1. The minimum absolute atomic E-state index is 0.0657. The van der Waals surface area contributed by atoms with E-state index in [1.807, 2.05) is 0 Å². The van der Waals surface area contributed by atoms with E-state index in [4.69, 9.17) is 9.63 Å². The quantitative estimate of drug-likeness (QED) is 0.326. The van der Waals surface area contributed by atoms with Crippen LogP contribution in [0.15, 0.2) is 65.3 Å². The maximum Gasteiger partial charge on any atom is 0.434 e. The average Bonchev–Trinajstić information content (AvgIpc) is 3.57. The van der Waals surface area contributed by atoms with Crippen LogP contribution in [0, 0.1) is 5.92 Å². The van der Waals surface area contributed by atoms with E-state index in [-0.39, 0.29) is 35.3 Å². The summed E-state index contributed by atoms with van der Waals surface area (Å²) in [6.07, 6.45) is -2.61. The molecular formula is C27H26F3N5O4. The van der Waals surface area contributed by atoms with E-state index in [1.165, 1.54) is 12.1 Å². The van der Waals surface area contributed by atoms with Crippen molar-refractivity contribution in [1.82, 2.24) is 24.8 Å². The average molecular weight is 542 g/mol. The van der Waals surface area contributed by atoms with Gasteiger partial charge in [0.05, 0.1) is 23.6 Å². The molecule has 39 heavy (non-hydrogen) atoms. The van der Waals surface area contributed by atoms with Crippen LogP contribution in [0.4, 0.5) is 13.2 Å². The molecule has 0 unspecified atom stereocenters. The van der Waals surface area contributed by atoms with E-state index in [0.29, 0.717) is 24.2 Å². The van der Waals surface area contributed by atoms with Crippen molar-refractivity contribution < 1.29 is 32.7 Å². The number of halogens is 3. The molecular weight excluding hydrogens is 515 g/mol. The Balaban J connectivity index is 1.31. The molecule has 1 saturated heterocycles. The highest BCUT2D eigenvalue weighted by Gasteiger charge is 2.40. The number of carbonyl (C=O) groups is 1. The third-order valence-electron chi connectivity index (χ3n) is 6.75. The molecule has 4 aromatic rings. The van der Waals surface area contributed by atoms with Crippen molar-refractivity contribution in [2.45, 2.75) is 31.5 Å². The summed E-state index contributed by atoms with van der Waals surface area (Å²) in [5.74, 6) is -0.970. The van der Waals surface area contributed by atoms with Gasteiger partial charge in [-0.2, -0.15) is 23.3 Å². The van der Waals surface area contributed by atoms with Crippen LogP contribution in [0.1, 0.15) is 36.6 Å². The lowest BCUT2D eigenvalue weighted by molar-refractivity contribution is -0.142. The van der Waals surface area contributed by atoms with Gasteiger partial charge in [-0.3, -0.25) is 4.79 Å². The highest BCUT2D eigenvalue weighted by molar-refractivity contribution is 5.67. The number of likely N-dealkylation sites (tertiary alicyclic amines) is 1. The molecule has 3 heterocycles. The van der Waals surface area contributed by atoms with Gasteiger partial charge in [-0.1, -0.05) is 47.6 Å². The number of benzene rings is 2. The van der Waals surface area contributed by atoms with E-state index in [0.717, 1.165) is 30.3 Å². The molecule has 12 heteroatoms. The largest absolute Gasteiger partial charge is 0.481 e. The SMILES string of the molecule is O=C(O)C[C@H]1CCCN(C[C@@H](O)c2ccc(-c3noc(-c4cnn(-c5ccccc5)c4C(F)(F)F)n3)cc2)C1. The predicted octanol–water partition coefficient (Wildman–Crippen LogP) is 4.83. The fraction of sp³-hybridized carbons (Fsp3) is 0.333. The van der Waals surface area contributed by atoms with Crippen molar-refractivity contribution in [2.75, 3.05) is 19.6 Å². The Morgan fingerprint density at radius 2 is 1.87 bits per heavy atom. The van der Waals surface area contributed by atoms with Crippen molar-refractivity contribution in [1.29, 1.82) is 0 Å². The number of aliphatic carboxylic acids is 1. The number of aliphatic hydroxyl groups is 1. The number of alkyl halides is 3. The van der Waals surface area contributed by atoms with Crippen molar-refractivity contribution >= 4 is 5.97 Å². The van der Waals surface area contributed by atoms with Crippen molar-refractivity contribution in [3.8, 4) is 28.5 Å². The summed E-state index contributed by atoms with van der Waals surface area (Å²) in [6, 6.07) is 14.7. The molecule has 1 fully saturated rings. The van der Waals surface area contributed by atoms with Crippen molar-refractivity contribution in [2.24, 2.45) is 5.92 Å². The van der Waals surface area contributed by atoms with E-state index in [2.05, 4.69) is 20.1 Å². The highest BCUT2D eigenvalue weighted by Crippen LogP contribution is 2.38. The first kappa shape index (κ1) is 26.6. The maximum atomic E-state index is 14.0. The number of carboxylic acid groups (broad SMARTS) is 1. The second-order valence-corrected chi connectivity index (χ2v) is 9.58. The van der Waals surface area contributed by atoms with Gasteiger partial charge in [0.25, 0.3) is 5.89 Å². The number of rotatable bonds is 8. The molecule has 1 aliphatic heterocycles. The van der Waals surface area contributed by atoms with Crippen LogP contribution in [-0.2, 0) is 11.0 Å². The summed E-state index contributed by atoms with van der Waals surface area (Å²) in [7, 11) is 0. The van der Waals surface area contributed by atoms with Gasteiger partial charge >= 0.3 is 12.1 Å².